The molecule has 2 rings (SSSR count). The fourth-order valence-corrected chi connectivity index (χ4v) is 4.15. The first-order chi connectivity index (χ1) is 9.85. The van der Waals surface area contributed by atoms with Gasteiger partial charge in [0.2, 0.25) is 0 Å². The van der Waals surface area contributed by atoms with E-state index in [9.17, 15) is 8.42 Å². The van der Waals surface area contributed by atoms with Crippen molar-refractivity contribution in [1.29, 1.82) is 0 Å². The van der Waals surface area contributed by atoms with E-state index >= 15 is 0 Å². The van der Waals surface area contributed by atoms with E-state index in [0.717, 1.165) is 10.0 Å². The number of halogens is 2. The molecule has 0 aliphatic carbocycles. The number of hydrogen-bond donors (Lipinski definition) is 2. The highest BCUT2D eigenvalue weighted by atomic mass is 79.9. The van der Waals surface area contributed by atoms with Gasteiger partial charge in [0.15, 0.2) is 0 Å². The molecular formula is C14H14Br2N2O2S. The van der Waals surface area contributed by atoms with E-state index in [1.165, 1.54) is 0 Å². The molecule has 2 aromatic carbocycles. The van der Waals surface area contributed by atoms with Crippen molar-refractivity contribution in [3.8, 4) is 0 Å². The molecule has 0 amide bonds. The van der Waals surface area contributed by atoms with Crippen LogP contribution in [0, 0.1) is 6.92 Å². The summed E-state index contributed by atoms with van der Waals surface area (Å²) < 4.78 is 29.2. The van der Waals surface area contributed by atoms with E-state index in [1.807, 2.05) is 12.1 Å². The molecule has 0 aliphatic rings. The van der Waals surface area contributed by atoms with Crippen LogP contribution in [-0.4, -0.2) is 8.42 Å². The van der Waals surface area contributed by atoms with Crippen LogP contribution in [0.25, 0.3) is 0 Å². The summed E-state index contributed by atoms with van der Waals surface area (Å²) in [5.41, 5.74) is 7.58. The molecule has 4 nitrogen and oxygen atoms in total. The zero-order valence-corrected chi connectivity index (χ0v) is 15.2. The second kappa shape index (κ2) is 6.48. The third kappa shape index (κ3) is 3.66. The molecule has 3 N–H and O–H groups in total. The summed E-state index contributed by atoms with van der Waals surface area (Å²) in [5.74, 6) is 0. The predicted octanol–water partition coefficient (Wildman–Crippen LogP) is 3.78. The van der Waals surface area contributed by atoms with E-state index in [0.29, 0.717) is 22.3 Å². The van der Waals surface area contributed by atoms with Crippen LogP contribution in [0.3, 0.4) is 0 Å². The van der Waals surface area contributed by atoms with Gasteiger partial charge in [0.25, 0.3) is 10.0 Å². The molecule has 0 radical (unpaired) electrons. The summed E-state index contributed by atoms with van der Waals surface area (Å²) in [5, 5.41) is 0. The van der Waals surface area contributed by atoms with Crippen molar-refractivity contribution in [2.45, 2.75) is 18.4 Å². The lowest BCUT2D eigenvalue weighted by atomic mass is 10.1. The second-order valence-electron chi connectivity index (χ2n) is 4.47. The molecule has 0 atom stereocenters. The first-order valence-electron chi connectivity index (χ1n) is 6.11. The standard InChI is InChI=1S/C14H14Br2N2O2S/c1-9-10(8-17)3-2-4-14(9)21(19,20)18-13-7-11(15)5-6-12(13)16/h2-7,18H,8,17H2,1H3. The number of benzene rings is 2. The van der Waals surface area contributed by atoms with Crippen LogP contribution < -0.4 is 10.5 Å². The Kier molecular flexibility index (Phi) is 5.08. The van der Waals surface area contributed by atoms with Gasteiger partial charge < -0.3 is 5.73 Å². The van der Waals surface area contributed by atoms with Crippen molar-refractivity contribution in [2.75, 3.05) is 4.72 Å². The average Bonchev–Trinajstić information content (AvgIpc) is 2.42. The number of nitrogens with one attached hydrogen (secondary N) is 1. The third-order valence-corrected chi connectivity index (χ3v) is 5.77. The molecule has 0 aromatic heterocycles. The van der Waals surface area contributed by atoms with Gasteiger partial charge in [-0.2, -0.15) is 0 Å². The molecule has 0 spiro atoms. The van der Waals surface area contributed by atoms with Crippen LogP contribution in [0.2, 0.25) is 0 Å². The van der Waals surface area contributed by atoms with E-state index in [1.54, 1.807) is 31.2 Å². The van der Waals surface area contributed by atoms with E-state index < -0.39 is 10.0 Å². The molecule has 0 saturated heterocycles. The summed E-state index contributed by atoms with van der Waals surface area (Å²) >= 11 is 6.66. The Hall–Kier alpha value is -0.890. The highest BCUT2D eigenvalue weighted by Gasteiger charge is 2.19. The Labute approximate surface area is 141 Å². The number of hydrogen-bond acceptors (Lipinski definition) is 3. The maximum Gasteiger partial charge on any atom is 0.262 e. The van der Waals surface area contributed by atoms with Crippen LogP contribution in [0.15, 0.2) is 50.2 Å². The van der Waals surface area contributed by atoms with E-state index in [4.69, 9.17) is 5.73 Å². The van der Waals surface area contributed by atoms with Crippen molar-refractivity contribution in [2.24, 2.45) is 5.73 Å². The van der Waals surface area contributed by atoms with Gasteiger partial charge in [-0.3, -0.25) is 4.72 Å². The van der Waals surface area contributed by atoms with Crippen LogP contribution in [0.5, 0.6) is 0 Å². The summed E-state index contributed by atoms with van der Waals surface area (Å²) in [4.78, 5) is 0.234. The number of sulfonamides is 1. The number of nitrogens with two attached hydrogens (primary N) is 1. The van der Waals surface area contributed by atoms with Crippen LogP contribution >= 0.6 is 31.9 Å². The van der Waals surface area contributed by atoms with Crippen molar-refractivity contribution < 1.29 is 8.42 Å². The summed E-state index contributed by atoms with van der Waals surface area (Å²) in [6, 6.07) is 10.4. The molecule has 0 heterocycles. The first kappa shape index (κ1) is 16.5. The SMILES string of the molecule is Cc1c(CN)cccc1S(=O)(=O)Nc1cc(Br)ccc1Br. The Morgan fingerprint density at radius 3 is 2.57 bits per heavy atom. The van der Waals surface area contributed by atoms with Crippen LogP contribution in [0.4, 0.5) is 5.69 Å². The lowest BCUT2D eigenvalue weighted by Gasteiger charge is -2.14. The highest BCUT2D eigenvalue weighted by Crippen LogP contribution is 2.29. The largest absolute Gasteiger partial charge is 0.326 e. The van der Waals surface area contributed by atoms with Gasteiger partial charge >= 0.3 is 0 Å². The van der Waals surface area contributed by atoms with Gasteiger partial charge in [0, 0.05) is 15.5 Å². The Balaban J connectivity index is 2.46. The van der Waals surface area contributed by atoms with Gasteiger partial charge in [-0.15, -0.1) is 0 Å². The topological polar surface area (TPSA) is 72.2 Å². The van der Waals surface area contributed by atoms with Gasteiger partial charge in [0.1, 0.15) is 0 Å². The molecular weight excluding hydrogens is 420 g/mol. The number of anilines is 1. The minimum atomic E-state index is -3.67. The molecule has 7 heteroatoms. The minimum absolute atomic E-state index is 0.234. The van der Waals surface area contributed by atoms with Crippen molar-refractivity contribution in [3.05, 3.63) is 56.5 Å². The van der Waals surface area contributed by atoms with E-state index in [-0.39, 0.29) is 4.90 Å². The number of rotatable bonds is 4. The summed E-state index contributed by atoms with van der Waals surface area (Å²) in [6.07, 6.45) is 0. The minimum Gasteiger partial charge on any atom is -0.326 e. The monoisotopic (exact) mass is 432 g/mol. The summed E-state index contributed by atoms with van der Waals surface area (Å²) in [6.45, 7) is 2.06. The normalized spacial score (nSPS) is 11.4. The van der Waals surface area contributed by atoms with Crippen molar-refractivity contribution in [3.63, 3.8) is 0 Å². The van der Waals surface area contributed by atoms with Gasteiger partial charge in [-0.1, -0.05) is 28.1 Å². The molecule has 0 aliphatic heterocycles. The van der Waals surface area contributed by atoms with Gasteiger partial charge in [-0.25, -0.2) is 8.42 Å². The fourth-order valence-electron chi connectivity index (χ4n) is 1.95. The highest BCUT2D eigenvalue weighted by molar-refractivity contribution is 9.11. The van der Waals surface area contributed by atoms with Crippen LogP contribution in [0.1, 0.15) is 11.1 Å². The van der Waals surface area contributed by atoms with Gasteiger partial charge in [0.05, 0.1) is 10.6 Å². The fraction of sp³-hybridized carbons (Fsp3) is 0.143. The molecule has 112 valence electrons. The average molecular weight is 434 g/mol. The quantitative estimate of drug-likeness (QED) is 0.770. The molecule has 2 aromatic rings. The maximum atomic E-state index is 12.6. The lowest BCUT2D eigenvalue weighted by molar-refractivity contribution is 0.600. The molecule has 0 unspecified atom stereocenters. The van der Waals surface area contributed by atoms with E-state index in [2.05, 4.69) is 36.6 Å². The zero-order chi connectivity index (χ0) is 15.6. The van der Waals surface area contributed by atoms with Crippen molar-refractivity contribution in [1.82, 2.24) is 0 Å². The Morgan fingerprint density at radius 1 is 1.19 bits per heavy atom. The zero-order valence-electron chi connectivity index (χ0n) is 11.2. The lowest BCUT2D eigenvalue weighted by Crippen LogP contribution is -2.16. The predicted molar refractivity (Wildman–Crippen MR) is 91.7 cm³/mol. The molecule has 0 bridgehead atoms. The Morgan fingerprint density at radius 2 is 1.90 bits per heavy atom. The second-order valence-corrected chi connectivity index (χ2v) is 7.89. The smallest absolute Gasteiger partial charge is 0.262 e. The first-order valence-corrected chi connectivity index (χ1v) is 9.18. The Bertz CT molecular complexity index is 777. The third-order valence-electron chi connectivity index (χ3n) is 3.08. The summed E-state index contributed by atoms with van der Waals surface area (Å²) in [7, 11) is -3.67. The molecule has 0 fully saturated rings. The maximum absolute atomic E-state index is 12.6. The molecule has 21 heavy (non-hydrogen) atoms. The van der Waals surface area contributed by atoms with Gasteiger partial charge in [-0.05, 0) is 58.2 Å². The van der Waals surface area contributed by atoms with Crippen molar-refractivity contribution >= 4 is 47.6 Å². The molecule has 0 saturated carbocycles. The van der Waals surface area contributed by atoms with Crippen LogP contribution in [-0.2, 0) is 16.6 Å².